The first-order chi connectivity index (χ1) is 8.00. The molecular weight excluding hydrogens is 233 g/mol. The van der Waals surface area contributed by atoms with Crippen LogP contribution in [0.3, 0.4) is 0 Å². The van der Waals surface area contributed by atoms with Gasteiger partial charge >= 0.3 is 6.18 Å². The molecule has 0 aliphatic rings. The van der Waals surface area contributed by atoms with Gasteiger partial charge in [0, 0.05) is 18.0 Å². The van der Waals surface area contributed by atoms with Gasteiger partial charge in [-0.1, -0.05) is 18.2 Å². The predicted octanol–water partition coefficient (Wildman–Crippen LogP) is 2.47. The third-order valence-electron chi connectivity index (χ3n) is 2.29. The molecule has 0 saturated heterocycles. The van der Waals surface area contributed by atoms with Gasteiger partial charge in [-0.05, 0) is 12.1 Å². The minimum atomic E-state index is -4.69. The largest absolute Gasteiger partial charge is 0.418 e. The molecule has 17 heavy (non-hydrogen) atoms. The third-order valence-corrected chi connectivity index (χ3v) is 2.29. The van der Waals surface area contributed by atoms with Crippen LogP contribution >= 0.6 is 0 Å². The van der Waals surface area contributed by atoms with E-state index in [0.29, 0.717) is 0 Å². The van der Waals surface area contributed by atoms with E-state index in [1.54, 1.807) is 12.1 Å². The van der Waals surface area contributed by atoms with Crippen molar-refractivity contribution in [3.63, 3.8) is 0 Å². The Morgan fingerprint density at radius 3 is 2.47 bits per heavy atom. The summed E-state index contributed by atoms with van der Waals surface area (Å²) in [6, 6.07) is 7.32. The zero-order chi connectivity index (χ0) is 12.5. The lowest BCUT2D eigenvalue weighted by Crippen LogP contribution is -2.21. The number of hydrogen-bond donors (Lipinski definition) is 1. The molecule has 1 atom stereocenters. The molecule has 90 valence electrons. The van der Waals surface area contributed by atoms with Crippen molar-refractivity contribution in [2.45, 2.75) is 12.3 Å². The maximum atomic E-state index is 12.5. The molecule has 1 aromatic carbocycles. The van der Waals surface area contributed by atoms with Gasteiger partial charge in [-0.3, -0.25) is 0 Å². The SMILES string of the molecule is O[C@@H](c1ccccc1-n1cccn1)C(F)(F)F. The number of nitrogens with zero attached hydrogens (tertiary/aromatic N) is 2. The Hall–Kier alpha value is -1.82. The van der Waals surface area contributed by atoms with Crippen molar-refractivity contribution in [1.29, 1.82) is 0 Å². The van der Waals surface area contributed by atoms with Gasteiger partial charge in [0.05, 0.1) is 5.69 Å². The Morgan fingerprint density at radius 2 is 1.88 bits per heavy atom. The van der Waals surface area contributed by atoms with Crippen LogP contribution in [-0.4, -0.2) is 21.1 Å². The highest BCUT2D eigenvalue weighted by Crippen LogP contribution is 2.34. The molecule has 2 rings (SSSR count). The lowest BCUT2D eigenvalue weighted by molar-refractivity contribution is -0.206. The second kappa shape index (κ2) is 4.21. The average Bonchev–Trinajstić information content (AvgIpc) is 2.80. The van der Waals surface area contributed by atoms with E-state index >= 15 is 0 Å². The molecule has 1 heterocycles. The second-order valence-electron chi connectivity index (χ2n) is 3.45. The summed E-state index contributed by atoms with van der Waals surface area (Å²) >= 11 is 0. The summed E-state index contributed by atoms with van der Waals surface area (Å²) in [5, 5.41) is 13.1. The van der Waals surface area contributed by atoms with Crippen LogP contribution in [0.1, 0.15) is 11.7 Å². The van der Waals surface area contributed by atoms with E-state index in [9.17, 15) is 18.3 Å². The first-order valence-electron chi connectivity index (χ1n) is 4.84. The minimum Gasteiger partial charge on any atom is -0.379 e. The normalized spacial score (nSPS) is 13.6. The summed E-state index contributed by atoms with van der Waals surface area (Å²) in [5.74, 6) is 0. The fraction of sp³-hybridized carbons (Fsp3) is 0.182. The monoisotopic (exact) mass is 242 g/mol. The number of para-hydroxylation sites is 1. The number of alkyl halides is 3. The molecule has 0 fully saturated rings. The van der Waals surface area contributed by atoms with Gasteiger partial charge in [0.25, 0.3) is 0 Å². The predicted molar refractivity (Wildman–Crippen MR) is 54.6 cm³/mol. The van der Waals surface area contributed by atoms with E-state index in [0.717, 1.165) is 0 Å². The molecule has 0 aliphatic heterocycles. The van der Waals surface area contributed by atoms with Crippen molar-refractivity contribution in [2.24, 2.45) is 0 Å². The van der Waals surface area contributed by atoms with Crippen LogP contribution in [0.2, 0.25) is 0 Å². The van der Waals surface area contributed by atoms with Crippen molar-refractivity contribution in [2.75, 3.05) is 0 Å². The molecular formula is C11H9F3N2O. The number of benzene rings is 1. The molecule has 0 spiro atoms. The number of aliphatic hydroxyl groups is 1. The summed E-state index contributed by atoms with van der Waals surface area (Å²) in [4.78, 5) is 0. The van der Waals surface area contributed by atoms with Crippen LogP contribution in [0.25, 0.3) is 5.69 Å². The van der Waals surface area contributed by atoms with Crippen LogP contribution < -0.4 is 0 Å². The number of halogens is 3. The quantitative estimate of drug-likeness (QED) is 0.878. The molecule has 0 unspecified atom stereocenters. The van der Waals surface area contributed by atoms with Gasteiger partial charge in [0.15, 0.2) is 6.10 Å². The number of aliphatic hydroxyl groups excluding tert-OH is 1. The Bertz CT molecular complexity index is 494. The van der Waals surface area contributed by atoms with Crippen LogP contribution in [0, 0.1) is 0 Å². The standard InChI is InChI=1S/C11H9F3N2O/c12-11(13,14)10(17)8-4-1-2-5-9(8)16-7-3-6-15-16/h1-7,10,17H/t10-/m0/s1. The summed E-state index contributed by atoms with van der Waals surface area (Å²) in [6.45, 7) is 0. The second-order valence-corrected chi connectivity index (χ2v) is 3.45. The Labute approximate surface area is 95.1 Å². The van der Waals surface area contributed by atoms with Crippen molar-refractivity contribution in [1.82, 2.24) is 9.78 Å². The molecule has 1 aromatic heterocycles. The van der Waals surface area contributed by atoms with E-state index in [2.05, 4.69) is 5.10 Å². The maximum absolute atomic E-state index is 12.5. The van der Waals surface area contributed by atoms with Gasteiger partial charge in [0.1, 0.15) is 0 Å². The smallest absolute Gasteiger partial charge is 0.379 e. The Morgan fingerprint density at radius 1 is 1.18 bits per heavy atom. The summed E-state index contributed by atoms with van der Waals surface area (Å²) in [5.41, 5.74) is -0.00831. The lowest BCUT2D eigenvalue weighted by Gasteiger charge is -2.17. The molecule has 0 aliphatic carbocycles. The van der Waals surface area contributed by atoms with E-state index in [1.165, 1.54) is 35.3 Å². The highest BCUT2D eigenvalue weighted by atomic mass is 19.4. The fourth-order valence-corrected chi connectivity index (χ4v) is 1.52. The molecule has 1 N–H and O–H groups in total. The van der Waals surface area contributed by atoms with Crippen molar-refractivity contribution >= 4 is 0 Å². The van der Waals surface area contributed by atoms with E-state index in [1.807, 2.05) is 0 Å². The first-order valence-corrected chi connectivity index (χ1v) is 4.84. The highest BCUT2D eigenvalue weighted by molar-refractivity contribution is 5.42. The van der Waals surface area contributed by atoms with Crippen LogP contribution in [0.5, 0.6) is 0 Å². The zero-order valence-corrected chi connectivity index (χ0v) is 8.59. The van der Waals surface area contributed by atoms with Crippen molar-refractivity contribution < 1.29 is 18.3 Å². The van der Waals surface area contributed by atoms with Crippen molar-refractivity contribution in [3.8, 4) is 5.69 Å². The zero-order valence-electron chi connectivity index (χ0n) is 8.59. The molecule has 0 radical (unpaired) electrons. The molecule has 2 aromatic rings. The Balaban J connectivity index is 2.49. The topological polar surface area (TPSA) is 38.0 Å². The van der Waals surface area contributed by atoms with Crippen molar-refractivity contribution in [3.05, 3.63) is 48.3 Å². The maximum Gasteiger partial charge on any atom is 0.418 e. The average molecular weight is 242 g/mol. The molecule has 0 saturated carbocycles. The highest BCUT2D eigenvalue weighted by Gasteiger charge is 2.40. The summed E-state index contributed by atoms with van der Waals surface area (Å²) in [6.07, 6.45) is -4.23. The number of rotatable bonds is 2. The van der Waals surface area contributed by atoms with Gasteiger partial charge in [-0.25, -0.2) is 4.68 Å². The Kier molecular flexibility index (Phi) is 2.89. The molecule has 3 nitrogen and oxygen atoms in total. The molecule has 0 amide bonds. The number of hydrogen-bond acceptors (Lipinski definition) is 2. The van der Waals surface area contributed by atoms with Crippen LogP contribution in [-0.2, 0) is 0 Å². The number of aromatic nitrogens is 2. The summed E-state index contributed by atoms with van der Waals surface area (Å²) < 4.78 is 38.7. The van der Waals surface area contributed by atoms with Crippen LogP contribution in [0.4, 0.5) is 13.2 Å². The minimum absolute atomic E-state index is 0.210. The van der Waals surface area contributed by atoms with Gasteiger partial charge in [0.2, 0.25) is 0 Å². The fourth-order valence-electron chi connectivity index (χ4n) is 1.52. The van der Waals surface area contributed by atoms with Gasteiger partial charge in [-0.15, -0.1) is 0 Å². The van der Waals surface area contributed by atoms with Gasteiger partial charge in [-0.2, -0.15) is 18.3 Å². The first kappa shape index (κ1) is 11.7. The van der Waals surface area contributed by atoms with E-state index in [-0.39, 0.29) is 11.3 Å². The third kappa shape index (κ3) is 2.31. The molecule has 0 bridgehead atoms. The van der Waals surface area contributed by atoms with E-state index in [4.69, 9.17) is 0 Å². The lowest BCUT2D eigenvalue weighted by atomic mass is 10.1. The van der Waals surface area contributed by atoms with Crippen LogP contribution in [0.15, 0.2) is 42.7 Å². The molecule has 6 heteroatoms. The summed E-state index contributed by atoms with van der Waals surface area (Å²) in [7, 11) is 0. The van der Waals surface area contributed by atoms with E-state index < -0.39 is 12.3 Å². The van der Waals surface area contributed by atoms with Gasteiger partial charge < -0.3 is 5.11 Å².